The molecule has 2 heterocycles. The largest absolute Gasteiger partial charge is 0.326 e. The van der Waals surface area contributed by atoms with Gasteiger partial charge in [-0.2, -0.15) is 0 Å². The molecule has 2 aromatic carbocycles. The second-order valence-electron chi connectivity index (χ2n) is 4.78. The number of halogens is 1. The summed E-state index contributed by atoms with van der Waals surface area (Å²) < 4.78 is 4.54. The highest BCUT2D eigenvalue weighted by Crippen LogP contribution is 2.34. The Hall–Kier alpha value is -1.65. The highest BCUT2D eigenvalue weighted by Gasteiger charge is 2.12. The number of thiophene rings is 1. The predicted molar refractivity (Wildman–Crippen MR) is 89.2 cm³/mol. The van der Waals surface area contributed by atoms with Crippen molar-refractivity contribution >= 4 is 48.4 Å². The van der Waals surface area contributed by atoms with Gasteiger partial charge in [0.15, 0.2) is 5.82 Å². The molecule has 0 unspecified atom stereocenters. The first-order valence-corrected chi connectivity index (χ1v) is 7.94. The van der Waals surface area contributed by atoms with Crippen LogP contribution in [0.2, 0.25) is 0 Å². The van der Waals surface area contributed by atoms with E-state index < -0.39 is 0 Å². The van der Waals surface area contributed by atoms with Crippen molar-refractivity contribution < 1.29 is 0 Å². The maximum atomic E-state index is 4.77. The number of imidazole rings is 1. The summed E-state index contributed by atoms with van der Waals surface area (Å²) in [6.07, 6.45) is 0. The molecule has 0 aliphatic carbocycles. The van der Waals surface area contributed by atoms with E-state index in [0.717, 1.165) is 21.3 Å². The summed E-state index contributed by atoms with van der Waals surface area (Å²) in [5.74, 6) is 1.03. The Morgan fingerprint density at radius 1 is 1.10 bits per heavy atom. The third-order valence-electron chi connectivity index (χ3n) is 3.49. The van der Waals surface area contributed by atoms with Gasteiger partial charge in [0, 0.05) is 16.2 Å². The van der Waals surface area contributed by atoms with E-state index in [1.165, 1.54) is 15.0 Å². The molecule has 0 fully saturated rings. The molecule has 0 saturated carbocycles. The number of hydrogen-bond acceptors (Lipinski definition) is 2. The van der Waals surface area contributed by atoms with Crippen LogP contribution in [-0.2, 0) is 7.05 Å². The molecule has 2 aromatic heterocycles. The SMILES string of the molecule is Cn1c(-c2cc3ccccc3s2)nc2ccc(Br)cc21. The van der Waals surface area contributed by atoms with Gasteiger partial charge in [0.05, 0.1) is 15.9 Å². The monoisotopic (exact) mass is 342 g/mol. The number of hydrogen-bond donors (Lipinski definition) is 0. The lowest BCUT2D eigenvalue weighted by Gasteiger charge is -1.99. The minimum atomic E-state index is 1.03. The smallest absolute Gasteiger partial charge is 0.151 e. The van der Waals surface area contributed by atoms with Gasteiger partial charge in [0.25, 0.3) is 0 Å². The van der Waals surface area contributed by atoms with Crippen LogP contribution in [0.3, 0.4) is 0 Å². The van der Waals surface area contributed by atoms with E-state index in [9.17, 15) is 0 Å². The van der Waals surface area contributed by atoms with Crippen molar-refractivity contribution in [1.82, 2.24) is 9.55 Å². The van der Waals surface area contributed by atoms with Gasteiger partial charge in [-0.1, -0.05) is 34.1 Å². The van der Waals surface area contributed by atoms with Crippen molar-refractivity contribution in [2.45, 2.75) is 0 Å². The van der Waals surface area contributed by atoms with Gasteiger partial charge in [-0.15, -0.1) is 11.3 Å². The number of rotatable bonds is 1. The molecule has 0 atom stereocenters. The first-order valence-electron chi connectivity index (χ1n) is 6.33. The second-order valence-corrected chi connectivity index (χ2v) is 6.78. The summed E-state index contributed by atoms with van der Waals surface area (Å²) in [4.78, 5) is 5.98. The Bertz CT molecular complexity index is 903. The third-order valence-corrected chi connectivity index (χ3v) is 5.09. The fourth-order valence-corrected chi connectivity index (χ4v) is 3.91. The average molecular weight is 343 g/mol. The minimum absolute atomic E-state index is 1.03. The van der Waals surface area contributed by atoms with Gasteiger partial charge >= 0.3 is 0 Å². The fraction of sp³-hybridized carbons (Fsp3) is 0.0625. The molecule has 20 heavy (non-hydrogen) atoms. The van der Waals surface area contributed by atoms with Crippen molar-refractivity contribution in [3.05, 3.63) is 53.0 Å². The Morgan fingerprint density at radius 2 is 1.95 bits per heavy atom. The number of fused-ring (bicyclic) bond motifs is 2. The molecule has 4 aromatic rings. The molecular weight excluding hydrogens is 332 g/mol. The van der Waals surface area contributed by atoms with Crippen LogP contribution in [0.15, 0.2) is 53.0 Å². The quantitative estimate of drug-likeness (QED) is 0.463. The van der Waals surface area contributed by atoms with Crippen molar-refractivity contribution in [2.75, 3.05) is 0 Å². The first-order chi connectivity index (χ1) is 9.72. The van der Waals surface area contributed by atoms with Crippen molar-refractivity contribution in [3.63, 3.8) is 0 Å². The Balaban J connectivity index is 1.99. The number of aromatic nitrogens is 2. The molecule has 2 nitrogen and oxygen atoms in total. The summed E-state index contributed by atoms with van der Waals surface area (Å²) in [5.41, 5.74) is 2.18. The van der Waals surface area contributed by atoms with E-state index in [-0.39, 0.29) is 0 Å². The van der Waals surface area contributed by atoms with Crippen molar-refractivity contribution in [1.29, 1.82) is 0 Å². The predicted octanol–water partition coefficient (Wildman–Crippen LogP) is 5.22. The lowest BCUT2D eigenvalue weighted by Crippen LogP contribution is -1.90. The number of benzene rings is 2. The average Bonchev–Trinajstić information content (AvgIpc) is 3.01. The zero-order valence-electron chi connectivity index (χ0n) is 10.8. The Morgan fingerprint density at radius 3 is 2.80 bits per heavy atom. The molecule has 0 radical (unpaired) electrons. The maximum Gasteiger partial charge on any atom is 0.151 e. The Labute approximate surface area is 128 Å². The fourth-order valence-electron chi connectivity index (χ4n) is 2.48. The molecule has 4 heteroatoms. The van der Waals surface area contributed by atoms with E-state index in [4.69, 9.17) is 4.98 Å². The van der Waals surface area contributed by atoms with E-state index in [2.05, 4.69) is 70.0 Å². The summed E-state index contributed by atoms with van der Waals surface area (Å²) in [6, 6.07) is 16.9. The van der Waals surface area contributed by atoms with E-state index in [0.29, 0.717) is 0 Å². The summed E-state index contributed by atoms with van der Waals surface area (Å²) in [6.45, 7) is 0. The van der Waals surface area contributed by atoms with E-state index in [1.807, 2.05) is 6.07 Å². The normalized spacial score (nSPS) is 11.5. The molecule has 0 bridgehead atoms. The molecule has 0 amide bonds. The zero-order valence-corrected chi connectivity index (χ0v) is 13.2. The Kier molecular flexibility index (Phi) is 2.69. The maximum absolute atomic E-state index is 4.77. The zero-order chi connectivity index (χ0) is 13.7. The van der Waals surface area contributed by atoms with Crippen LogP contribution in [0, 0.1) is 0 Å². The van der Waals surface area contributed by atoms with Crippen molar-refractivity contribution in [3.8, 4) is 10.7 Å². The summed E-state index contributed by atoms with van der Waals surface area (Å²) in [7, 11) is 2.07. The van der Waals surface area contributed by atoms with E-state index in [1.54, 1.807) is 11.3 Å². The number of nitrogens with zero attached hydrogens (tertiary/aromatic N) is 2. The van der Waals surface area contributed by atoms with Crippen LogP contribution in [0.25, 0.3) is 31.8 Å². The standard InChI is InChI=1S/C16H11BrN2S/c1-19-13-9-11(17)6-7-12(13)18-16(19)15-8-10-4-2-3-5-14(10)20-15/h2-9H,1H3. The lowest BCUT2D eigenvalue weighted by atomic mass is 10.2. The van der Waals surface area contributed by atoms with Crippen LogP contribution in [-0.4, -0.2) is 9.55 Å². The second kappa shape index (κ2) is 4.43. The molecule has 0 N–H and O–H groups in total. The van der Waals surface area contributed by atoms with Gasteiger partial charge in [0.1, 0.15) is 0 Å². The topological polar surface area (TPSA) is 17.8 Å². The van der Waals surface area contributed by atoms with Gasteiger partial charge in [-0.05, 0) is 35.7 Å². The third kappa shape index (κ3) is 1.79. The summed E-state index contributed by atoms with van der Waals surface area (Å²) >= 11 is 5.31. The van der Waals surface area contributed by atoms with Gasteiger partial charge in [0.2, 0.25) is 0 Å². The van der Waals surface area contributed by atoms with E-state index >= 15 is 0 Å². The van der Waals surface area contributed by atoms with Gasteiger partial charge < -0.3 is 4.57 Å². The van der Waals surface area contributed by atoms with Crippen LogP contribution >= 0.6 is 27.3 Å². The highest BCUT2D eigenvalue weighted by atomic mass is 79.9. The van der Waals surface area contributed by atoms with Gasteiger partial charge in [-0.3, -0.25) is 0 Å². The van der Waals surface area contributed by atoms with Crippen molar-refractivity contribution in [2.24, 2.45) is 7.05 Å². The molecule has 98 valence electrons. The molecule has 4 rings (SSSR count). The first kappa shape index (κ1) is 12.1. The van der Waals surface area contributed by atoms with Crippen LogP contribution < -0.4 is 0 Å². The highest BCUT2D eigenvalue weighted by molar-refractivity contribution is 9.10. The summed E-state index contributed by atoms with van der Waals surface area (Å²) in [5, 5.41) is 1.28. The lowest BCUT2D eigenvalue weighted by molar-refractivity contribution is 0.963. The van der Waals surface area contributed by atoms with Gasteiger partial charge in [-0.25, -0.2) is 4.98 Å². The van der Waals surface area contributed by atoms with Crippen LogP contribution in [0.5, 0.6) is 0 Å². The molecule has 0 spiro atoms. The molecule has 0 aliphatic rings. The minimum Gasteiger partial charge on any atom is -0.326 e. The number of aryl methyl sites for hydroxylation is 1. The van der Waals surface area contributed by atoms with Crippen LogP contribution in [0.4, 0.5) is 0 Å². The molecule has 0 saturated heterocycles. The van der Waals surface area contributed by atoms with Crippen LogP contribution in [0.1, 0.15) is 0 Å². The molecule has 0 aliphatic heterocycles. The molecular formula is C16H11BrN2S.